The molecule has 1 aromatic heterocycles. The van der Waals surface area contributed by atoms with E-state index in [1.54, 1.807) is 0 Å². The molecule has 0 spiro atoms. The van der Waals surface area contributed by atoms with Gasteiger partial charge < -0.3 is 9.72 Å². The molecule has 3 rings (SSSR count). The number of rotatable bonds is 2. The fourth-order valence-corrected chi connectivity index (χ4v) is 1.80. The molecule has 0 aliphatic heterocycles. The van der Waals surface area contributed by atoms with Gasteiger partial charge in [0.25, 0.3) is 5.88 Å². The number of hydrogen-bond acceptors (Lipinski definition) is 3. The zero-order valence-electron chi connectivity index (χ0n) is 9.46. The fourth-order valence-electron chi connectivity index (χ4n) is 1.80. The van der Waals surface area contributed by atoms with Crippen LogP contribution in [0.4, 0.5) is 0 Å². The van der Waals surface area contributed by atoms with Crippen LogP contribution in [0.1, 0.15) is 0 Å². The van der Waals surface area contributed by atoms with E-state index in [2.05, 4.69) is 9.97 Å². The smallest absolute Gasteiger partial charge is 0.311 e. The lowest BCUT2D eigenvalue weighted by molar-refractivity contribution is 0.459. The number of hydrogen-bond donors (Lipinski definition) is 1. The lowest BCUT2D eigenvalue weighted by Crippen LogP contribution is -2.09. The lowest BCUT2D eigenvalue weighted by atomic mass is 10.1. The number of H-pyrrole nitrogens is 1. The zero-order valence-corrected chi connectivity index (χ0v) is 9.46. The SMILES string of the molecule is O=c1[nH]ccnc1Oc1cccc2ccccc12. The van der Waals surface area contributed by atoms with Crippen molar-refractivity contribution in [2.75, 3.05) is 0 Å². The predicted molar refractivity (Wildman–Crippen MR) is 68.9 cm³/mol. The van der Waals surface area contributed by atoms with Gasteiger partial charge in [0.15, 0.2) is 0 Å². The second-order valence-corrected chi connectivity index (χ2v) is 3.80. The van der Waals surface area contributed by atoms with Crippen LogP contribution in [0.25, 0.3) is 10.8 Å². The van der Waals surface area contributed by atoms with Gasteiger partial charge in [-0.1, -0.05) is 36.4 Å². The average molecular weight is 238 g/mol. The van der Waals surface area contributed by atoms with Gasteiger partial charge in [0.1, 0.15) is 5.75 Å². The Kier molecular flexibility index (Phi) is 2.53. The summed E-state index contributed by atoms with van der Waals surface area (Å²) in [6, 6.07) is 13.5. The minimum Gasteiger partial charge on any atom is -0.434 e. The average Bonchev–Trinajstić information content (AvgIpc) is 2.42. The Balaban J connectivity index is 2.11. The number of ether oxygens (including phenoxy) is 1. The first-order chi connectivity index (χ1) is 8.84. The molecule has 4 nitrogen and oxygen atoms in total. The molecule has 0 saturated heterocycles. The maximum Gasteiger partial charge on any atom is 0.311 e. The van der Waals surface area contributed by atoms with Crippen LogP contribution in [-0.2, 0) is 0 Å². The van der Waals surface area contributed by atoms with Crippen molar-refractivity contribution >= 4 is 10.8 Å². The highest BCUT2D eigenvalue weighted by molar-refractivity contribution is 5.88. The first-order valence-corrected chi connectivity index (χ1v) is 5.54. The van der Waals surface area contributed by atoms with Gasteiger partial charge in [-0.2, -0.15) is 0 Å². The van der Waals surface area contributed by atoms with E-state index >= 15 is 0 Å². The molecule has 1 heterocycles. The molecular weight excluding hydrogens is 228 g/mol. The maximum atomic E-state index is 11.5. The van der Waals surface area contributed by atoms with E-state index in [1.807, 2.05) is 42.5 Å². The molecule has 4 heteroatoms. The van der Waals surface area contributed by atoms with E-state index in [9.17, 15) is 4.79 Å². The van der Waals surface area contributed by atoms with E-state index in [0.29, 0.717) is 5.75 Å². The highest BCUT2D eigenvalue weighted by Gasteiger charge is 2.06. The van der Waals surface area contributed by atoms with Crippen LogP contribution in [0.5, 0.6) is 11.6 Å². The number of benzene rings is 2. The van der Waals surface area contributed by atoms with Gasteiger partial charge >= 0.3 is 5.56 Å². The summed E-state index contributed by atoms with van der Waals surface area (Å²) in [6.07, 6.45) is 2.96. The molecule has 0 amide bonds. The second-order valence-electron chi connectivity index (χ2n) is 3.80. The van der Waals surface area contributed by atoms with Crippen molar-refractivity contribution in [2.45, 2.75) is 0 Å². The molecule has 18 heavy (non-hydrogen) atoms. The molecule has 0 bridgehead atoms. The number of fused-ring (bicyclic) bond motifs is 1. The molecule has 1 N–H and O–H groups in total. The van der Waals surface area contributed by atoms with Crippen LogP contribution in [0.15, 0.2) is 59.7 Å². The molecule has 0 aliphatic rings. The third-order valence-electron chi connectivity index (χ3n) is 2.63. The van der Waals surface area contributed by atoms with Gasteiger partial charge in [0, 0.05) is 17.8 Å². The Morgan fingerprint density at radius 3 is 2.78 bits per heavy atom. The fraction of sp³-hybridized carbons (Fsp3) is 0. The first-order valence-electron chi connectivity index (χ1n) is 5.54. The van der Waals surface area contributed by atoms with Crippen LogP contribution in [-0.4, -0.2) is 9.97 Å². The number of aromatic nitrogens is 2. The Labute approximate surface area is 103 Å². The van der Waals surface area contributed by atoms with Gasteiger partial charge in [0.2, 0.25) is 0 Å². The number of aromatic amines is 1. The van der Waals surface area contributed by atoms with Crippen molar-refractivity contribution in [1.29, 1.82) is 0 Å². The van der Waals surface area contributed by atoms with Crippen molar-refractivity contribution in [2.24, 2.45) is 0 Å². The largest absolute Gasteiger partial charge is 0.434 e. The standard InChI is InChI=1S/C14H10N2O2/c17-13-14(16-9-8-15-13)18-12-7-3-5-10-4-1-2-6-11(10)12/h1-9H,(H,15,17). The van der Waals surface area contributed by atoms with E-state index < -0.39 is 0 Å². The van der Waals surface area contributed by atoms with Crippen molar-refractivity contribution in [3.05, 3.63) is 65.2 Å². The maximum absolute atomic E-state index is 11.5. The molecule has 0 fully saturated rings. The molecule has 2 aromatic carbocycles. The highest BCUT2D eigenvalue weighted by Crippen LogP contribution is 2.27. The second kappa shape index (κ2) is 4.33. The Morgan fingerprint density at radius 1 is 1.06 bits per heavy atom. The Morgan fingerprint density at radius 2 is 1.89 bits per heavy atom. The van der Waals surface area contributed by atoms with Crippen LogP contribution in [0.2, 0.25) is 0 Å². The molecule has 0 atom stereocenters. The van der Waals surface area contributed by atoms with E-state index in [-0.39, 0.29) is 11.4 Å². The summed E-state index contributed by atoms with van der Waals surface area (Å²) < 4.78 is 5.57. The topological polar surface area (TPSA) is 55.0 Å². The van der Waals surface area contributed by atoms with Crippen LogP contribution < -0.4 is 10.3 Å². The lowest BCUT2D eigenvalue weighted by Gasteiger charge is -2.06. The van der Waals surface area contributed by atoms with Gasteiger partial charge in [-0.15, -0.1) is 0 Å². The normalized spacial score (nSPS) is 10.4. The quantitative estimate of drug-likeness (QED) is 0.746. The Hall–Kier alpha value is -2.62. The monoisotopic (exact) mass is 238 g/mol. The van der Waals surface area contributed by atoms with Gasteiger partial charge in [0.05, 0.1) is 0 Å². The van der Waals surface area contributed by atoms with Gasteiger partial charge in [-0.05, 0) is 11.5 Å². The predicted octanol–water partition coefficient (Wildman–Crippen LogP) is 2.72. The van der Waals surface area contributed by atoms with Crippen molar-refractivity contribution in [1.82, 2.24) is 9.97 Å². The summed E-state index contributed by atoms with van der Waals surface area (Å²) in [5.41, 5.74) is -0.342. The first kappa shape index (κ1) is 10.5. The minimum absolute atomic E-state index is 0.0499. The van der Waals surface area contributed by atoms with Crippen molar-refractivity contribution in [3.8, 4) is 11.6 Å². The summed E-state index contributed by atoms with van der Waals surface area (Å²) in [6.45, 7) is 0. The van der Waals surface area contributed by atoms with Gasteiger partial charge in [-0.3, -0.25) is 4.79 Å². The summed E-state index contributed by atoms with van der Waals surface area (Å²) in [5.74, 6) is 0.672. The zero-order chi connectivity index (χ0) is 12.4. The van der Waals surface area contributed by atoms with E-state index in [1.165, 1.54) is 12.4 Å². The molecule has 0 radical (unpaired) electrons. The third-order valence-corrected chi connectivity index (χ3v) is 2.63. The number of nitrogens with zero attached hydrogens (tertiary/aromatic N) is 1. The van der Waals surface area contributed by atoms with Crippen LogP contribution in [0.3, 0.4) is 0 Å². The minimum atomic E-state index is -0.342. The van der Waals surface area contributed by atoms with Crippen molar-refractivity contribution in [3.63, 3.8) is 0 Å². The summed E-state index contributed by atoms with van der Waals surface area (Å²) >= 11 is 0. The molecule has 3 aromatic rings. The van der Waals surface area contributed by atoms with Crippen LogP contribution in [0, 0.1) is 0 Å². The summed E-state index contributed by atoms with van der Waals surface area (Å²) in [4.78, 5) is 18.0. The molecule has 0 aliphatic carbocycles. The third kappa shape index (κ3) is 1.84. The molecule has 0 unspecified atom stereocenters. The van der Waals surface area contributed by atoms with Crippen molar-refractivity contribution < 1.29 is 4.74 Å². The molecular formula is C14H10N2O2. The van der Waals surface area contributed by atoms with E-state index in [4.69, 9.17) is 4.74 Å². The highest BCUT2D eigenvalue weighted by atomic mass is 16.5. The molecule has 0 saturated carbocycles. The van der Waals surface area contributed by atoms with E-state index in [0.717, 1.165) is 10.8 Å². The number of nitrogens with one attached hydrogen (secondary N) is 1. The molecule has 88 valence electrons. The van der Waals surface area contributed by atoms with Crippen LogP contribution >= 0.6 is 0 Å². The Bertz CT molecular complexity index is 744. The van der Waals surface area contributed by atoms with Gasteiger partial charge in [-0.25, -0.2) is 4.98 Å². The summed E-state index contributed by atoms with van der Waals surface area (Å²) in [5, 5.41) is 2.01. The summed E-state index contributed by atoms with van der Waals surface area (Å²) in [7, 11) is 0.